The first-order valence-electron chi connectivity index (χ1n) is 4.82. The number of nitrogens with zero attached hydrogens (tertiary/aromatic N) is 1. The van der Waals surface area contributed by atoms with E-state index in [2.05, 4.69) is 0 Å². The molecule has 17 heavy (non-hydrogen) atoms. The van der Waals surface area contributed by atoms with E-state index in [0.29, 0.717) is 6.42 Å². The maximum Gasteiger partial charge on any atom is 0.342 e. The Hall–Kier alpha value is -2.15. The van der Waals surface area contributed by atoms with Crippen LogP contribution in [0.1, 0.15) is 16.8 Å². The van der Waals surface area contributed by atoms with Gasteiger partial charge in [-0.25, -0.2) is 4.79 Å². The molecule has 7 nitrogen and oxygen atoms in total. The molecular formula is C10H11NO6. The zero-order chi connectivity index (χ0) is 12.8. The first-order valence-corrected chi connectivity index (χ1v) is 4.82. The highest BCUT2D eigenvalue weighted by Gasteiger charge is 2.25. The average Bonchev–Trinajstić information content (AvgIpc) is 2.28. The summed E-state index contributed by atoms with van der Waals surface area (Å²) in [6.45, 7) is -0.0210. The molecule has 1 rings (SSSR count). The van der Waals surface area contributed by atoms with Crippen LogP contribution in [0.15, 0.2) is 18.2 Å². The number of carboxylic acid groups (broad SMARTS) is 1. The van der Waals surface area contributed by atoms with Crippen LogP contribution in [0, 0.1) is 10.1 Å². The van der Waals surface area contributed by atoms with E-state index in [4.69, 9.17) is 14.9 Å². The smallest absolute Gasteiger partial charge is 0.342 e. The molecule has 0 heterocycles. The molecule has 0 saturated carbocycles. The molecule has 0 unspecified atom stereocenters. The monoisotopic (exact) mass is 241 g/mol. The van der Waals surface area contributed by atoms with Crippen molar-refractivity contribution in [1.82, 2.24) is 0 Å². The summed E-state index contributed by atoms with van der Waals surface area (Å²) in [4.78, 5) is 20.8. The lowest BCUT2D eigenvalue weighted by Crippen LogP contribution is -2.07. The molecule has 0 spiro atoms. The van der Waals surface area contributed by atoms with Gasteiger partial charge in [-0.2, -0.15) is 0 Å². The molecule has 0 fully saturated rings. The Kier molecular flexibility index (Phi) is 4.41. The van der Waals surface area contributed by atoms with Gasteiger partial charge in [0.05, 0.1) is 11.5 Å². The molecule has 0 aliphatic carbocycles. The normalized spacial score (nSPS) is 9.94. The molecule has 0 amide bonds. The fraction of sp³-hybridized carbons (Fsp3) is 0.300. The van der Waals surface area contributed by atoms with Gasteiger partial charge in [0.25, 0.3) is 0 Å². The maximum absolute atomic E-state index is 10.8. The zero-order valence-electron chi connectivity index (χ0n) is 8.83. The molecule has 0 radical (unpaired) electrons. The second-order valence-electron chi connectivity index (χ2n) is 3.14. The van der Waals surface area contributed by atoms with Crippen LogP contribution in [0.5, 0.6) is 5.75 Å². The minimum atomic E-state index is -1.38. The van der Waals surface area contributed by atoms with Crippen LogP contribution in [0.3, 0.4) is 0 Å². The van der Waals surface area contributed by atoms with E-state index >= 15 is 0 Å². The van der Waals surface area contributed by atoms with E-state index in [1.807, 2.05) is 0 Å². The molecule has 92 valence electrons. The maximum atomic E-state index is 10.8. The number of aromatic carboxylic acids is 1. The number of ether oxygens (including phenoxy) is 1. The zero-order valence-corrected chi connectivity index (χ0v) is 8.83. The Morgan fingerprint density at radius 1 is 1.47 bits per heavy atom. The van der Waals surface area contributed by atoms with E-state index in [9.17, 15) is 14.9 Å². The van der Waals surface area contributed by atoms with Crippen molar-refractivity contribution in [3.05, 3.63) is 33.9 Å². The third-order valence-corrected chi connectivity index (χ3v) is 1.97. The summed E-state index contributed by atoms with van der Waals surface area (Å²) >= 11 is 0. The summed E-state index contributed by atoms with van der Waals surface area (Å²) in [6.07, 6.45) is 0.314. The van der Waals surface area contributed by atoms with Crippen molar-refractivity contribution in [2.24, 2.45) is 0 Å². The van der Waals surface area contributed by atoms with Crippen molar-refractivity contribution in [2.75, 3.05) is 13.2 Å². The minimum absolute atomic E-state index is 0.0837. The first kappa shape index (κ1) is 12.9. The van der Waals surface area contributed by atoms with Crippen molar-refractivity contribution < 1.29 is 24.7 Å². The van der Waals surface area contributed by atoms with Crippen LogP contribution in [0.4, 0.5) is 5.69 Å². The van der Waals surface area contributed by atoms with Crippen molar-refractivity contribution in [1.29, 1.82) is 0 Å². The number of hydrogen-bond acceptors (Lipinski definition) is 5. The number of benzene rings is 1. The Morgan fingerprint density at radius 3 is 2.71 bits per heavy atom. The Morgan fingerprint density at radius 2 is 2.18 bits per heavy atom. The van der Waals surface area contributed by atoms with Crippen LogP contribution in [-0.2, 0) is 0 Å². The molecule has 2 N–H and O–H groups in total. The van der Waals surface area contributed by atoms with Crippen LogP contribution in [0.25, 0.3) is 0 Å². The lowest BCUT2D eigenvalue weighted by Gasteiger charge is -2.07. The Labute approximate surface area is 96.4 Å². The third-order valence-electron chi connectivity index (χ3n) is 1.97. The molecule has 1 aromatic rings. The van der Waals surface area contributed by atoms with Gasteiger partial charge in [0, 0.05) is 13.0 Å². The van der Waals surface area contributed by atoms with E-state index in [-0.39, 0.29) is 19.0 Å². The van der Waals surface area contributed by atoms with Crippen LogP contribution >= 0.6 is 0 Å². The fourth-order valence-corrected chi connectivity index (χ4v) is 1.25. The number of aliphatic hydroxyl groups excluding tert-OH is 1. The van der Waals surface area contributed by atoms with E-state index in [1.54, 1.807) is 0 Å². The van der Waals surface area contributed by atoms with Crippen molar-refractivity contribution in [2.45, 2.75) is 6.42 Å². The number of rotatable bonds is 6. The van der Waals surface area contributed by atoms with E-state index < -0.39 is 22.1 Å². The molecule has 0 saturated heterocycles. The molecular weight excluding hydrogens is 230 g/mol. The Bertz CT molecular complexity index is 431. The highest BCUT2D eigenvalue weighted by Crippen LogP contribution is 2.30. The summed E-state index contributed by atoms with van der Waals surface area (Å²) in [7, 11) is 0. The van der Waals surface area contributed by atoms with Gasteiger partial charge >= 0.3 is 11.7 Å². The van der Waals surface area contributed by atoms with Gasteiger partial charge in [-0.3, -0.25) is 10.1 Å². The number of nitro benzene ring substituents is 1. The molecule has 1 aromatic carbocycles. The highest BCUT2D eigenvalue weighted by atomic mass is 16.6. The summed E-state index contributed by atoms with van der Waals surface area (Å²) in [6, 6.07) is 3.83. The highest BCUT2D eigenvalue weighted by molar-refractivity contribution is 5.93. The van der Waals surface area contributed by atoms with Crippen molar-refractivity contribution >= 4 is 11.7 Å². The SMILES string of the molecule is O=C(O)c1cccc(OCCCO)c1[N+](=O)[O-]. The van der Waals surface area contributed by atoms with Crippen molar-refractivity contribution in [3.63, 3.8) is 0 Å². The van der Waals surface area contributed by atoms with Crippen molar-refractivity contribution in [3.8, 4) is 5.75 Å². The van der Waals surface area contributed by atoms with E-state index in [0.717, 1.165) is 6.07 Å². The molecule has 0 aliphatic rings. The quantitative estimate of drug-likeness (QED) is 0.437. The number of para-hydroxylation sites is 1. The fourth-order valence-electron chi connectivity index (χ4n) is 1.25. The topological polar surface area (TPSA) is 110 Å². The number of aliphatic hydroxyl groups is 1. The number of carboxylic acids is 1. The van der Waals surface area contributed by atoms with Gasteiger partial charge in [0.2, 0.25) is 0 Å². The minimum Gasteiger partial charge on any atom is -0.487 e. The van der Waals surface area contributed by atoms with Gasteiger partial charge < -0.3 is 14.9 Å². The van der Waals surface area contributed by atoms with Crippen LogP contribution in [0.2, 0.25) is 0 Å². The summed E-state index contributed by atoms with van der Waals surface area (Å²) in [5.74, 6) is -1.49. The van der Waals surface area contributed by atoms with Gasteiger partial charge in [0.1, 0.15) is 5.56 Å². The Balaban J connectivity index is 3.07. The van der Waals surface area contributed by atoms with Crippen LogP contribution in [-0.4, -0.2) is 34.3 Å². The number of nitro groups is 1. The standard InChI is InChI=1S/C10H11NO6/c12-5-2-6-17-8-4-1-3-7(10(13)14)9(8)11(15)16/h1,3-4,12H,2,5-6H2,(H,13,14). The number of carbonyl (C=O) groups is 1. The third kappa shape index (κ3) is 3.15. The van der Waals surface area contributed by atoms with E-state index in [1.165, 1.54) is 12.1 Å². The molecule has 0 aliphatic heterocycles. The first-order chi connectivity index (χ1) is 8.07. The lowest BCUT2D eigenvalue weighted by molar-refractivity contribution is -0.386. The van der Waals surface area contributed by atoms with Gasteiger partial charge in [-0.15, -0.1) is 0 Å². The van der Waals surface area contributed by atoms with Gasteiger partial charge in [-0.05, 0) is 12.1 Å². The molecule has 7 heteroatoms. The number of hydrogen-bond donors (Lipinski definition) is 2. The summed E-state index contributed by atoms with van der Waals surface area (Å²) < 4.78 is 5.06. The second kappa shape index (κ2) is 5.80. The summed E-state index contributed by atoms with van der Waals surface area (Å²) in [5.41, 5.74) is -0.991. The predicted octanol–water partition coefficient (Wildman–Crippen LogP) is 1.05. The van der Waals surface area contributed by atoms with Gasteiger partial charge in [0.15, 0.2) is 5.75 Å². The molecule has 0 atom stereocenters. The molecule has 0 aromatic heterocycles. The summed E-state index contributed by atoms with van der Waals surface area (Å²) in [5, 5.41) is 28.2. The average molecular weight is 241 g/mol. The van der Waals surface area contributed by atoms with Crippen LogP contribution < -0.4 is 4.74 Å². The molecule has 0 bridgehead atoms. The van der Waals surface area contributed by atoms with Gasteiger partial charge in [-0.1, -0.05) is 6.07 Å². The largest absolute Gasteiger partial charge is 0.487 e. The predicted molar refractivity (Wildman–Crippen MR) is 57.3 cm³/mol. The second-order valence-corrected chi connectivity index (χ2v) is 3.14. The lowest BCUT2D eigenvalue weighted by atomic mass is 10.1.